The number of hydrogen-bond donors (Lipinski definition) is 1. The van der Waals surface area contributed by atoms with Gasteiger partial charge in [0.2, 0.25) is 5.88 Å². The minimum Gasteiger partial charge on any atom is -0.449 e. The number of furan rings is 1. The predicted octanol–water partition coefficient (Wildman–Crippen LogP) is 0.862. The van der Waals surface area contributed by atoms with Gasteiger partial charge in [-0.2, -0.15) is 0 Å². The fraction of sp³-hybridized carbons (Fsp3) is 0.615. The van der Waals surface area contributed by atoms with Gasteiger partial charge in [0.1, 0.15) is 0 Å². The Balaban J connectivity index is 2.06. The van der Waals surface area contributed by atoms with Gasteiger partial charge in [0.15, 0.2) is 9.84 Å². The topological polar surface area (TPSA) is 82.9 Å². The normalized spacial score (nSPS) is 20.6. The Bertz CT molecular complexity index is 568. The molecule has 2 rings (SSSR count). The van der Waals surface area contributed by atoms with Crippen LogP contribution in [-0.4, -0.2) is 69.0 Å². The van der Waals surface area contributed by atoms with Crippen LogP contribution in [0.15, 0.2) is 22.8 Å². The monoisotopic (exact) mass is 315 g/mol. The van der Waals surface area contributed by atoms with Gasteiger partial charge in [0.25, 0.3) is 0 Å². The minimum atomic E-state index is -3.03. The Hall–Kier alpha value is -1.54. The molecule has 0 spiro atoms. The second-order valence-electron chi connectivity index (χ2n) is 5.46. The molecule has 1 aliphatic rings. The number of carbonyl (C=O) groups excluding carboxylic acids is 1. The van der Waals surface area contributed by atoms with Crippen LogP contribution in [0.25, 0.3) is 0 Å². The van der Waals surface area contributed by atoms with E-state index in [2.05, 4.69) is 5.32 Å². The molecular weight excluding hydrogens is 294 g/mol. The van der Waals surface area contributed by atoms with Crippen molar-refractivity contribution in [2.75, 3.05) is 44.0 Å². The van der Waals surface area contributed by atoms with E-state index in [1.807, 2.05) is 19.0 Å². The summed E-state index contributed by atoms with van der Waals surface area (Å²) in [6.07, 6.45) is 1.96. The Morgan fingerprint density at radius 2 is 2.19 bits per heavy atom. The number of carbonyl (C=O) groups is 1. The number of nitrogens with zero attached hydrogens (tertiary/aromatic N) is 2. The fourth-order valence-corrected chi connectivity index (χ4v) is 4.04. The molecule has 1 unspecified atom stereocenters. The average Bonchev–Trinajstić information content (AvgIpc) is 2.99. The summed E-state index contributed by atoms with van der Waals surface area (Å²) in [4.78, 5) is 15.9. The van der Waals surface area contributed by atoms with Crippen LogP contribution in [0.4, 0.5) is 10.7 Å². The number of anilines is 1. The number of urea groups is 1. The molecule has 0 saturated carbocycles. The van der Waals surface area contributed by atoms with Crippen LogP contribution in [0.1, 0.15) is 6.42 Å². The zero-order valence-electron chi connectivity index (χ0n) is 12.3. The lowest BCUT2D eigenvalue weighted by Gasteiger charge is -2.29. The molecule has 1 aromatic heterocycles. The molecule has 1 aliphatic heterocycles. The molecule has 0 bridgehead atoms. The second-order valence-corrected chi connectivity index (χ2v) is 7.69. The predicted molar refractivity (Wildman–Crippen MR) is 80.0 cm³/mol. The Labute approximate surface area is 124 Å². The van der Waals surface area contributed by atoms with Gasteiger partial charge in [-0.25, -0.2) is 13.2 Å². The van der Waals surface area contributed by atoms with Crippen molar-refractivity contribution in [3.05, 3.63) is 18.4 Å². The third-order valence-corrected chi connectivity index (χ3v) is 5.20. The maximum Gasteiger partial charge on any atom is 0.324 e. The van der Waals surface area contributed by atoms with Crippen LogP contribution < -0.4 is 5.32 Å². The van der Waals surface area contributed by atoms with Gasteiger partial charge in [0, 0.05) is 25.2 Å². The third kappa shape index (κ3) is 4.47. The average molecular weight is 315 g/mol. The summed E-state index contributed by atoms with van der Waals surface area (Å²) < 4.78 is 28.4. The molecule has 0 radical (unpaired) electrons. The van der Waals surface area contributed by atoms with E-state index in [0.717, 1.165) is 0 Å². The Kier molecular flexibility index (Phi) is 4.89. The molecule has 1 N–H and O–H groups in total. The summed E-state index contributed by atoms with van der Waals surface area (Å²) in [5, 5.41) is 2.66. The largest absolute Gasteiger partial charge is 0.449 e. The summed E-state index contributed by atoms with van der Waals surface area (Å²) >= 11 is 0. The lowest BCUT2D eigenvalue weighted by Crippen LogP contribution is -2.46. The molecule has 118 valence electrons. The van der Waals surface area contributed by atoms with Crippen LogP contribution in [0.3, 0.4) is 0 Å². The van der Waals surface area contributed by atoms with Crippen LogP contribution in [0, 0.1) is 0 Å². The molecular formula is C13H21N3O4S. The number of amides is 2. The lowest BCUT2D eigenvalue weighted by atomic mass is 10.2. The fourth-order valence-electron chi connectivity index (χ4n) is 2.31. The van der Waals surface area contributed by atoms with Crippen LogP contribution >= 0.6 is 0 Å². The summed E-state index contributed by atoms with van der Waals surface area (Å²) in [5.41, 5.74) is 0. The van der Waals surface area contributed by atoms with Gasteiger partial charge >= 0.3 is 6.03 Å². The van der Waals surface area contributed by atoms with E-state index in [4.69, 9.17) is 4.42 Å². The molecule has 2 heterocycles. The molecule has 8 heteroatoms. The molecule has 2 amide bonds. The van der Waals surface area contributed by atoms with E-state index < -0.39 is 9.84 Å². The van der Waals surface area contributed by atoms with E-state index in [-0.39, 0.29) is 23.6 Å². The zero-order chi connectivity index (χ0) is 15.5. The van der Waals surface area contributed by atoms with Gasteiger partial charge in [-0.15, -0.1) is 0 Å². The Morgan fingerprint density at radius 1 is 1.43 bits per heavy atom. The Morgan fingerprint density at radius 3 is 2.71 bits per heavy atom. The van der Waals surface area contributed by atoms with Crippen LogP contribution in [-0.2, 0) is 9.84 Å². The highest BCUT2D eigenvalue weighted by atomic mass is 32.2. The maximum absolute atomic E-state index is 12.4. The molecule has 1 fully saturated rings. The molecule has 7 nitrogen and oxygen atoms in total. The first-order chi connectivity index (χ1) is 9.87. The van der Waals surface area contributed by atoms with E-state index in [0.29, 0.717) is 25.4 Å². The van der Waals surface area contributed by atoms with Crippen molar-refractivity contribution in [2.24, 2.45) is 0 Å². The highest BCUT2D eigenvalue weighted by Gasteiger charge is 2.34. The number of hydrogen-bond acceptors (Lipinski definition) is 5. The van der Waals surface area contributed by atoms with Gasteiger partial charge in [-0.3, -0.25) is 5.32 Å². The van der Waals surface area contributed by atoms with E-state index in [1.54, 1.807) is 17.0 Å². The lowest BCUT2D eigenvalue weighted by molar-refractivity contribution is 0.185. The number of nitrogens with one attached hydrogen (secondary N) is 1. The van der Waals surface area contributed by atoms with E-state index in [9.17, 15) is 13.2 Å². The zero-order valence-corrected chi connectivity index (χ0v) is 13.1. The van der Waals surface area contributed by atoms with Crippen molar-refractivity contribution in [3.63, 3.8) is 0 Å². The van der Waals surface area contributed by atoms with Gasteiger partial charge in [0.05, 0.1) is 17.8 Å². The van der Waals surface area contributed by atoms with Crippen molar-refractivity contribution in [3.8, 4) is 0 Å². The molecule has 1 aromatic rings. The highest BCUT2D eigenvalue weighted by Crippen LogP contribution is 2.19. The highest BCUT2D eigenvalue weighted by molar-refractivity contribution is 7.91. The van der Waals surface area contributed by atoms with Crippen LogP contribution in [0.5, 0.6) is 0 Å². The van der Waals surface area contributed by atoms with Gasteiger partial charge in [-0.1, -0.05) is 0 Å². The summed E-state index contributed by atoms with van der Waals surface area (Å²) in [5.74, 6) is 0.534. The molecule has 0 aliphatic carbocycles. The molecule has 1 saturated heterocycles. The van der Waals surface area contributed by atoms with E-state index >= 15 is 0 Å². The smallest absolute Gasteiger partial charge is 0.324 e. The first-order valence-corrected chi connectivity index (χ1v) is 8.66. The standard InChI is InChI=1S/C13H21N3O4S/c1-15(2)6-7-16(11-5-9-21(18,19)10-11)13(17)14-12-4-3-8-20-12/h3-4,8,11H,5-7,9-10H2,1-2H3,(H,14,17). The number of sulfone groups is 1. The minimum absolute atomic E-state index is 0.0337. The summed E-state index contributed by atoms with van der Waals surface area (Å²) in [7, 11) is 0.788. The number of rotatable bonds is 5. The summed E-state index contributed by atoms with van der Waals surface area (Å²) in [6, 6.07) is 2.73. The van der Waals surface area contributed by atoms with Gasteiger partial charge < -0.3 is 14.2 Å². The molecule has 0 aromatic carbocycles. The maximum atomic E-state index is 12.4. The van der Waals surface area contributed by atoms with Crippen molar-refractivity contribution >= 4 is 21.8 Å². The first kappa shape index (κ1) is 15.8. The second kappa shape index (κ2) is 6.48. The third-order valence-electron chi connectivity index (χ3n) is 3.45. The molecule has 1 atom stereocenters. The summed E-state index contributed by atoms with van der Waals surface area (Å²) in [6.45, 7) is 1.14. The van der Waals surface area contributed by atoms with Crippen molar-refractivity contribution in [1.29, 1.82) is 0 Å². The van der Waals surface area contributed by atoms with Crippen molar-refractivity contribution in [1.82, 2.24) is 9.80 Å². The quantitative estimate of drug-likeness (QED) is 0.871. The van der Waals surface area contributed by atoms with Crippen LogP contribution in [0.2, 0.25) is 0 Å². The molecule has 21 heavy (non-hydrogen) atoms. The van der Waals surface area contributed by atoms with Crippen molar-refractivity contribution < 1.29 is 17.6 Å². The SMILES string of the molecule is CN(C)CCN(C(=O)Nc1ccco1)C1CCS(=O)(=O)C1. The number of likely N-dealkylation sites (N-methyl/N-ethyl adjacent to an activating group) is 1. The van der Waals surface area contributed by atoms with E-state index in [1.165, 1.54) is 6.26 Å². The van der Waals surface area contributed by atoms with Crippen molar-refractivity contribution in [2.45, 2.75) is 12.5 Å². The first-order valence-electron chi connectivity index (χ1n) is 6.84. The van der Waals surface area contributed by atoms with Gasteiger partial charge in [-0.05, 0) is 26.6 Å².